The van der Waals surface area contributed by atoms with E-state index in [9.17, 15) is 0 Å². The zero-order chi connectivity index (χ0) is 39.8. The maximum Gasteiger partial charge on any atom is 0.0502 e. The minimum atomic E-state index is -0.0813. The van der Waals surface area contributed by atoms with Crippen molar-refractivity contribution in [1.29, 1.82) is 0 Å². The Bertz CT molecular complexity index is 2790. The molecule has 59 heavy (non-hydrogen) atoms. The highest BCUT2D eigenvalue weighted by Crippen LogP contribution is 2.89. The Balaban J connectivity index is 1.05. The summed E-state index contributed by atoms with van der Waals surface area (Å²) in [5.74, 6) is 3.40. The van der Waals surface area contributed by atoms with Gasteiger partial charge in [-0.05, 0) is 164 Å². The zero-order valence-corrected chi connectivity index (χ0v) is 36.3. The second-order valence-electron chi connectivity index (χ2n) is 21.6. The fourth-order valence-electron chi connectivity index (χ4n) is 15.3. The number of fused-ring (bicyclic) bond motifs is 11. The number of nitrogens with zero attached hydrogens (tertiary/aromatic N) is 1. The molecule has 294 valence electrons. The van der Waals surface area contributed by atoms with Crippen LogP contribution in [-0.4, -0.2) is 0 Å². The third-order valence-electron chi connectivity index (χ3n) is 17.8. The smallest absolute Gasteiger partial charge is 0.0502 e. The predicted molar refractivity (Wildman–Crippen MR) is 246 cm³/mol. The molecule has 1 heterocycles. The lowest BCUT2D eigenvalue weighted by Gasteiger charge is -2.78. The number of anilines is 3. The van der Waals surface area contributed by atoms with E-state index in [-0.39, 0.29) is 21.7 Å². The van der Waals surface area contributed by atoms with Crippen LogP contribution in [0.2, 0.25) is 0 Å². The second-order valence-corrected chi connectivity index (χ2v) is 22.6. The Hall–Kier alpha value is -4.53. The summed E-state index contributed by atoms with van der Waals surface area (Å²) in [4.78, 5) is 5.66. The van der Waals surface area contributed by atoms with E-state index in [1.54, 1.807) is 11.1 Å². The highest BCUT2D eigenvalue weighted by molar-refractivity contribution is 7.99. The minimum Gasteiger partial charge on any atom is -0.310 e. The molecule has 13 rings (SSSR count). The van der Waals surface area contributed by atoms with E-state index < -0.39 is 0 Å². The molecule has 0 saturated heterocycles. The van der Waals surface area contributed by atoms with Crippen molar-refractivity contribution in [2.75, 3.05) is 4.90 Å². The van der Waals surface area contributed by atoms with E-state index in [1.807, 2.05) is 0 Å². The Labute approximate surface area is 355 Å². The van der Waals surface area contributed by atoms with E-state index in [4.69, 9.17) is 0 Å². The monoisotopic (exact) mass is 785 g/mol. The lowest BCUT2D eigenvalue weighted by atomic mass is 9.26. The standard InChI is InChI=1S/C57H55NS/c1-53(2)26-27-54(3,4)51-44(53)19-13-21-47(51)58(37-22-24-41-40-16-10-11-18-42(40)55(5,6)46(41)31-37)38-23-25-43-48(32-38)59-52-39(35-14-8-7-9-15-35)17-12-20-45(52)57(43)49-29-34-28-36-30-50(57)56(36,49)33-34/h7-25,31-32,34,36,49-50H,26-30,33H2,1-6H3. The van der Waals surface area contributed by atoms with E-state index in [0.717, 1.165) is 23.7 Å². The zero-order valence-electron chi connectivity index (χ0n) is 35.5. The molecular weight excluding hydrogens is 731 g/mol. The average molecular weight is 786 g/mol. The molecule has 0 radical (unpaired) electrons. The first-order valence-corrected chi connectivity index (χ1v) is 23.5. The topological polar surface area (TPSA) is 3.24 Å². The van der Waals surface area contributed by atoms with E-state index in [2.05, 4.69) is 186 Å². The minimum absolute atomic E-state index is 0.0469. The first-order chi connectivity index (χ1) is 28.4. The lowest BCUT2D eigenvalue weighted by Crippen LogP contribution is -2.74. The summed E-state index contributed by atoms with van der Waals surface area (Å²) in [6, 6.07) is 50.1. The molecule has 1 nitrogen and oxygen atoms in total. The van der Waals surface area contributed by atoms with Gasteiger partial charge in [-0.15, -0.1) is 0 Å². The van der Waals surface area contributed by atoms with Gasteiger partial charge in [0.05, 0.1) is 5.69 Å². The van der Waals surface area contributed by atoms with Gasteiger partial charge in [-0.2, -0.15) is 0 Å². The predicted octanol–water partition coefficient (Wildman–Crippen LogP) is 15.3. The highest BCUT2D eigenvalue weighted by atomic mass is 32.2. The lowest BCUT2D eigenvalue weighted by molar-refractivity contribution is -0.235. The molecule has 4 fully saturated rings. The molecule has 6 unspecified atom stereocenters. The Kier molecular flexibility index (Phi) is 6.83. The van der Waals surface area contributed by atoms with Crippen molar-refractivity contribution in [3.63, 3.8) is 0 Å². The van der Waals surface area contributed by atoms with E-state index in [1.165, 1.54) is 110 Å². The maximum absolute atomic E-state index is 2.67. The second kappa shape index (κ2) is 11.4. The summed E-state index contributed by atoms with van der Waals surface area (Å²) in [7, 11) is 0. The van der Waals surface area contributed by atoms with Crippen LogP contribution >= 0.6 is 11.8 Å². The van der Waals surface area contributed by atoms with Gasteiger partial charge in [-0.3, -0.25) is 0 Å². The SMILES string of the molecule is CC1(C)CCC(C)(C)c2c(N(c3ccc4c(c3)Sc3c(-c5ccccc5)cccc3C43C4CC5CC6CC3C64C5)c3ccc4c(c3)C(C)(C)c3ccccc3-4)cccc21. The van der Waals surface area contributed by atoms with Crippen LogP contribution in [0.3, 0.4) is 0 Å². The van der Waals surface area contributed by atoms with Crippen molar-refractivity contribution in [1.82, 2.24) is 0 Å². The molecule has 2 heteroatoms. The van der Waals surface area contributed by atoms with Crippen LogP contribution in [0.15, 0.2) is 137 Å². The Morgan fingerprint density at radius 1 is 0.542 bits per heavy atom. The molecule has 2 spiro atoms. The van der Waals surface area contributed by atoms with E-state index >= 15 is 0 Å². The van der Waals surface area contributed by atoms with Gasteiger partial charge in [-0.25, -0.2) is 0 Å². The molecule has 0 amide bonds. The van der Waals surface area contributed by atoms with Crippen LogP contribution in [0.1, 0.15) is 113 Å². The third-order valence-corrected chi connectivity index (χ3v) is 19.0. The van der Waals surface area contributed by atoms with Crippen molar-refractivity contribution < 1.29 is 0 Å². The first kappa shape index (κ1) is 35.2. The number of hydrogen-bond donors (Lipinski definition) is 0. The van der Waals surface area contributed by atoms with Gasteiger partial charge in [-0.1, -0.05) is 150 Å². The van der Waals surface area contributed by atoms with Crippen LogP contribution in [0, 0.1) is 29.1 Å². The van der Waals surface area contributed by atoms with Gasteiger partial charge in [0.2, 0.25) is 0 Å². The summed E-state index contributed by atoms with van der Waals surface area (Å²) in [6.07, 6.45) is 8.18. The molecular formula is C57H55NS. The van der Waals surface area contributed by atoms with Crippen LogP contribution in [-0.2, 0) is 21.7 Å². The van der Waals surface area contributed by atoms with E-state index in [0.29, 0.717) is 5.41 Å². The molecule has 0 aromatic heterocycles. The largest absolute Gasteiger partial charge is 0.310 e. The number of rotatable bonds is 4. The summed E-state index contributed by atoms with van der Waals surface area (Å²) in [5, 5.41) is 0. The molecule has 6 aromatic rings. The molecule has 1 aliphatic heterocycles. The Morgan fingerprint density at radius 3 is 2.07 bits per heavy atom. The van der Waals surface area contributed by atoms with Crippen molar-refractivity contribution in [2.24, 2.45) is 29.1 Å². The van der Waals surface area contributed by atoms with Gasteiger partial charge >= 0.3 is 0 Å². The summed E-state index contributed by atoms with van der Waals surface area (Å²) < 4.78 is 0. The molecule has 4 saturated carbocycles. The Morgan fingerprint density at radius 2 is 1.22 bits per heavy atom. The number of benzene rings is 6. The highest BCUT2D eigenvalue weighted by Gasteiger charge is 2.84. The normalized spacial score (nSPS) is 29.6. The third kappa shape index (κ3) is 4.25. The maximum atomic E-state index is 2.67. The fraction of sp³-hybridized carbons (Fsp3) is 0.368. The molecule has 6 atom stereocenters. The van der Waals surface area contributed by atoms with Crippen LogP contribution < -0.4 is 4.90 Å². The molecule has 0 N–H and O–H groups in total. The average Bonchev–Trinajstić information content (AvgIpc) is 3.85. The van der Waals surface area contributed by atoms with Crippen molar-refractivity contribution in [3.05, 3.63) is 161 Å². The molecule has 2 bridgehead atoms. The fourth-order valence-corrected chi connectivity index (χ4v) is 16.7. The van der Waals surface area contributed by atoms with Gasteiger partial charge in [0.25, 0.3) is 0 Å². The first-order valence-electron chi connectivity index (χ1n) is 22.6. The van der Waals surface area contributed by atoms with Crippen LogP contribution in [0.5, 0.6) is 0 Å². The summed E-state index contributed by atoms with van der Waals surface area (Å²) in [5.41, 5.74) is 19.3. The summed E-state index contributed by atoms with van der Waals surface area (Å²) >= 11 is 2.06. The molecule has 6 aliphatic carbocycles. The van der Waals surface area contributed by atoms with Crippen LogP contribution in [0.4, 0.5) is 17.1 Å². The van der Waals surface area contributed by atoms with Crippen molar-refractivity contribution >= 4 is 28.8 Å². The quantitative estimate of drug-likeness (QED) is 0.175. The number of hydrogen-bond acceptors (Lipinski definition) is 2. The van der Waals surface area contributed by atoms with Gasteiger partial charge in [0.1, 0.15) is 0 Å². The van der Waals surface area contributed by atoms with Gasteiger partial charge < -0.3 is 4.90 Å². The summed E-state index contributed by atoms with van der Waals surface area (Å²) in [6.45, 7) is 14.8. The van der Waals surface area contributed by atoms with Gasteiger partial charge in [0, 0.05) is 32.0 Å². The molecule has 7 aliphatic rings. The van der Waals surface area contributed by atoms with Crippen molar-refractivity contribution in [2.45, 2.75) is 112 Å². The molecule has 6 aromatic carbocycles. The van der Waals surface area contributed by atoms with Gasteiger partial charge in [0.15, 0.2) is 0 Å². The van der Waals surface area contributed by atoms with Crippen molar-refractivity contribution in [3.8, 4) is 22.3 Å². The van der Waals surface area contributed by atoms with Crippen LogP contribution in [0.25, 0.3) is 22.3 Å².